The number of anilines is 1. The maximum Gasteiger partial charge on any atom is 0.416 e. The highest BCUT2D eigenvalue weighted by atomic mass is 19.4. The van der Waals surface area contributed by atoms with Gasteiger partial charge in [-0.3, -0.25) is 14.6 Å². The van der Waals surface area contributed by atoms with Gasteiger partial charge in [-0.1, -0.05) is 12.1 Å². The van der Waals surface area contributed by atoms with Gasteiger partial charge in [-0.25, -0.2) is 4.79 Å². The lowest BCUT2D eigenvalue weighted by Crippen LogP contribution is -2.30. The summed E-state index contributed by atoms with van der Waals surface area (Å²) in [6.45, 7) is 3.21. The monoisotopic (exact) mass is 529 g/mol. The molecule has 12 heteroatoms. The number of halogens is 3. The fourth-order valence-electron chi connectivity index (χ4n) is 3.61. The van der Waals surface area contributed by atoms with E-state index >= 15 is 0 Å². The van der Waals surface area contributed by atoms with E-state index in [9.17, 15) is 27.6 Å². The first-order valence-electron chi connectivity index (χ1n) is 11.4. The van der Waals surface area contributed by atoms with E-state index < -0.39 is 23.7 Å². The van der Waals surface area contributed by atoms with Crippen LogP contribution in [0, 0.1) is 13.8 Å². The standard InChI is InChI=1S/C26H26F3N5O4/c1-14-9-16(5-6-21(14)38-18-7-8-32-20(12-18)23(35)30-3)13-33-25(37)34-19-11-17(26(27,28)29)10-15(2)22(19)24(36)31-4/h5-12H,13H2,1-4H3,(H,30,35)(H,31,36)(H2,33,34,37). The number of carbonyl (C=O) groups is 3. The third-order valence-corrected chi connectivity index (χ3v) is 5.48. The van der Waals surface area contributed by atoms with E-state index in [1.165, 1.54) is 33.3 Å². The topological polar surface area (TPSA) is 121 Å². The molecule has 0 bridgehead atoms. The number of amides is 4. The molecule has 200 valence electrons. The molecule has 1 heterocycles. The second-order valence-corrected chi connectivity index (χ2v) is 8.26. The first kappa shape index (κ1) is 28.0. The molecule has 0 atom stereocenters. The summed E-state index contributed by atoms with van der Waals surface area (Å²) in [5.41, 5.74) is 0.380. The molecule has 0 unspecified atom stereocenters. The summed E-state index contributed by atoms with van der Waals surface area (Å²) in [6, 6.07) is 9.05. The molecular weight excluding hydrogens is 503 g/mol. The van der Waals surface area contributed by atoms with E-state index in [1.54, 1.807) is 31.2 Å². The summed E-state index contributed by atoms with van der Waals surface area (Å²) in [5, 5.41) is 9.78. The largest absolute Gasteiger partial charge is 0.457 e. The van der Waals surface area contributed by atoms with Crippen molar-refractivity contribution in [2.24, 2.45) is 0 Å². The van der Waals surface area contributed by atoms with Crippen molar-refractivity contribution < 1.29 is 32.3 Å². The molecular formula is C26H26F3N5O4. The minimum Gasteiger partial charge on any atom is -0.457 e. The Balaban J connectivity index is 1.71. The van der Waals surface area contributed by atoms with Crippen LogP contribution in [0.5, 0.6) is 11.5 Å². The van der Waals surface area contributed by atoms with Crippen LogP contribution < -0.4 is 26.0 Å². The molecule has 4 N–H and O–H groups in total. The molecule has 3 aromatic rings. The van der Waals surface area contributed by atoms with Gasteiger partial charge in [-0.15, -0.1) is 0 Å². The molecule has 2 aromatic carbocycles. The lowest BCUT2D eigenvalue weighted by atomic mass is 10.0. The lowest BCUT2D eigenvalue weighted by molar-refractivity contribution is -0.137. The van der Waals surface area contributed by atoms with Gasteiger partial charge in [0.15, 0.2) is 0 Å². The third-order valence-electron chi connectivity index (χ3n) is 5.48. The SMILES string of the molecule is CNC(=O)c1cc(Oc2ccc(CNC(=O)Nc3cc(C(F)(F)F)cc(C)c3C(=O)NC)cc2C)ccn1. The van der Waals surface area contributed by atoms with Crippen LogP contribution in [0.3, 0.4) is 0 Å². The van der Waals surface area contributed by atoms with Gasteiger partial charge in [0, 0.05) is 32.9 Å². The number of nitrogens with zero attached hydrogens (tertiary/aromatic N) is 1. The Hall–Kier alpha value is -4.61. The number of nitrogens with one attached hydrogen (secondary N) is 4. The summed E-state index contributed by atoms with van der Waals surface area (Å²) in [5.74, 6) is -0.0545. The van der Waals surface area contributed by atoms with Gasteiger partial charge in [0.05, 0.1) is 16.8 Å². The van der Waals surface area contributed by atoms with Crippen molar-refractivity contribution in [3.05, 3.63) is 82.2 Å². The van der Waals surface area contributed by atoms with E-state index in [4.69, 9.17) is 4.74 Å². The van der Waals surface area contributed by atoms with Crippen LogP contribution in [0.4, 0.5) is 23.7 Å². The number of hydrogen-bond acceptors (Lipinski definition) is 5. The second-order valence-electron chi connectivity index (χ2n) is 8.26. The molecule has 0 aliphatic heterocycles. The molecule has 1 aromatic heterocycles. The molecule has 0 aliphatic rings. The number of benzene rings is 2. The maximum atomic E-state index is 13.3. The van der Waals surface area contributed by atoms with Crippen LogP contribution in [0.15, 0.2) is 48.7 Å². The number of rotatable bonds is 7. The number of ether oxygens (including phenoxy) is 1. The molecule has 0 saturated heterocycles. The Morgan fingerprint density at radius 3 is 2.26 bits per heavy atom. The van der Waals surface area contributed by atoms with Gasteiger partial charge < -0.3 is 26.0 Å². The van der Waals surface area contributed by atoms with Gasteiger partial charge >= 0.3 is 12.2 Å². The molecule has 0 radical (unpaired) electrons. The van der Waals surface area contributed by atoms with Crippen molar-refractivity contribution in [2.75, 3.05) is 19.4 Å². The van der Waals surface area contributed by atoms with Crippen LogP contribution in [-0.4, -0.2) is 36.9 Å². The van der Waals surface area contributed by atoms with Crippen molar-refractivity contribution in [3.63, 3.8) is 0 Å². The highest BCUT2D eigenvalue weighted by Crippen LogP contribution is 2.34. The summed E-state index contributed by atoms with van der Waals surface area (Å²) >= 11 is 0. The molecule has 4 amide bonds. The van der Waals surface area contributed by atoms with Gasteiger partial charge in [0.1, 0.15) is 17.2 Å². The van der Waals surface area contributed by atoms with Crippen molar-refractivity contribution in [1.82, 2.24) is 20.9 Å². The molecule has 38 heavy (non-hydrogen) atoms. The summed E-state index contributed by atoms with van der Waals surface area (Å²) in [7, 11) is 2.84. The van der Waals surface area contributed by atoms with Crippen LogP contribution >= 0.6 is 0 Å². The highest BCUT2D eigenvalue weighted by molar-refractivity contribution is 6.04. The Labute approximate surface area is 216 Å². The summed E-state index contributed by atoms with van der Waals surface area (Å²) in [6.07, 6.45) is -3.20. The van der Waals surface area contributed by atoms with Crippen LogP contribution in [0.1, 0.15) is 43.1 Å². The van der Waals surface area contributed by atoms with Crippen molar-refractivity contribution in [3.8, 4) is 11.5 Å². The van der Waals surface area contributed by atoms with Crippen molar-refractivity contribution >= 4 is 23.5 Å². The van der Waals surface area contributed by atoms with Gasteiger partial charge in [0.2, 0.25) is 0 Å². The quantitative estimate of drug-likeness (QED) is 0.358. The zero-order chi connectivity index (χ0) is 28.0. The third kappa shape index (κ3) is 6.78. The van der Waals surface area contributed by atoms with Crippen LogP contribution in [0.25, 0.3) is 0 Å². The second kappa shape index (κ2) is 11.6. The Morgan fingerprint density at radius 2 is 1.63 bits per heavy atom. The normalized spacial score (nSPS) is 10.9. The summed E-state index contributed by atoms with van der Waals surface area (Å²) < 4.78 is 45.7. The number of pyridine rings is 1. The first-order chi connectivity index (χ1) is 17.9. The van der Waals surface area contributed by atoms with E-state index in [0.29, 0.717) is 17.1 Å². The Bertz CT molecular complexity index is 1380. The zero-order valence-corrected chi connectivity index (χ0v) is 21.0. The number of hydrogen-bond donors (Lipinski definition) is 4. The average Bonchev–Trinajstić information content (AvgIpc) is 2.87. The zero-order valence-electron chi connectivity index (χ0n) is 21.0. The predicted octanol–water partition coefficient (Wildman–Crippen LogP) is 4.55. The fourth-order valence-corrected chi connectivity index (χ4v) is 3.61. The smallest absolute Gasteiger partial charge is 0.416 e. The molecule has 0 spiro atoms. The number of urea groups is 1. The van der Waals surface area contributed by atoms with E-state index in [0.717, 1.165) is 17.7 Å². The highest BCUT2D eigenvalue weighted by Gasteiger charge is 2.32. The Kier molecular flexibility index (Phi) is 8.56. The van der Waals surface area contributed by atoms with Gasteiger partial charge in [-0.2, -0.15) is 13.2 Å². The van der Waals surface area contributed by atoms with Crippen LogP contribution in [0.2, 0.25) is 0 Å². The molecule has 0 fully saturated rings. The molecule has 9 nitrogen and oxygen atoms in total. The van der Waals surface area contributed by atoms with Crippen molar-refractivity contribution in [1.29, 1.82) is 0 Å². The number of alkyl halides is 3. The lowest BCUT2D eigenvalue weighted by Gasteiger charge is -2.17. The average molecular weight is 530 g/mol. The minimum absolute atomic E-state index is 0.0519. The maximum absolute atomic E-state index is 13.3. The molecule has 0 saturated carbocycles. The van der Waals surface area contributed by atoms with E-state index in [-0.39, 0.29) is 35.0 Å². The summed E-state index contributed by atoms with van der Waals surface area (Å²) in [4.78, 5) is 40.5. The molecule has 0 aliphatic carbocycles. The number of carbonyl (C=O) groups excluding carboxylic acids is 3. The fraction of sp³-hybridized carbons (Fsp3) is 0.231. The first-order valence-corrected chi connectivity index (χ1v) is 11.4. The predicted molar refractivity (Wildman–Crippen MR) is 134 cm³/mol. The molecule has 3 rings (SSSR count). The van der Waals surface area contributed by atoms with E-state index in [2.05, 4.69) is 26.3 Å². The Morgan fingerprint density at radius 1 is 0.921 bits per heavy atom. The minimum atomic E-state index is -4.65. The van der Waals surface area contributed by atoms with Gasteiger partial charge in [0.25, 0.3) is 11.8 Å². The van der Waals surface area contributed by atoms with Crippen LogP contribution in [-0.2, 0) is 12.7 Å². The van der Waals surface area contributed by atoms with Gasteiger partial charge in [-0.05, 0) is 54.8 Å². The number of aryl methyl sites for hydroxylation is 2. The van der Waals surface area contributed by atoms with E-state index in [1.807, 2.05) is 0 Å². The van der Waals surface area contributed by atoms with Crippen molar-refractivity contribution in [2.45, 2.75) is 26.6 Å². The number of aromatic nitrogens is 1.